The molecule has 0 fully saturated rings. The lowest BCUT2D eigenvalue weighted by Crippen LogP contribution is -2.25. The Morgan fingerprint density at radius 2 is 2.13 bits per heavy atom. The van der Waals surface area contributed by atoms with Gasteiger partial charge in [-0.1, -0.05) is 6.07 Å². The topological polar surface area (TPSA) is 65.6 Å². The average Bonchev–Trinajstić information content (AvgIpc) is 3.00. The lowest BCUT2D eigenvalue weighted by Gasteiger charge is -2.05. The highest BCUT2D eigenvalue weighted by molar-refractivity contribution is 7.19. The maximum Gasteiger partial charge on any atom is 0.291 e. The third-order valence-corrected chi connectivity index (χ3v) is 4.71. The molecule has 0 saturated heterocycles. The molecule has 0 bridgehead atoms. The molecule has 0 aliphatic heterocycles. The molecule has 0 aliphatic rings. The van der Waals surface area contributed by atoms with Crippen molar-refractivity contribution in [1.82, 2.24) is 24.3 Å². The smallest absolute Gasteiger partial charge is 0.291 e. The number of rotatable bonds is 2. The standard InChI is InChI=1S/C15H12FN5OS/c1-8-18-14-13(23-8)10-6-17-21(15(22)12(10)20(14)2)7-9-4-3-5-11(16)19-9/h3-6H,7H2,1-2H3. The van der Waals surface area contributed by atoms with Gasteiger partial charge in [-0.05, 0) is 19.1 Å². The van der Waals surface area contributed by atoms with E-state index in [1.807, 2.05) is 14.0 Å². The number of pyridine rings is 1. The molecule has 0 unspecified atom stereocenters. The Balaban J connectivity index is 1.91. The maximum atomic E-state index is 13.2. The van der Waals surface area contributed by atoms with Crippen LogP contribution in [-0.4, -0.2) is 24.3 Å². The van der Waals surface area contributed by atoms with Crippen LogP contribution in [0.1, 0.15) is 10.7 Å². The van der Waals surface area contributed by atoms with Crippen LogP contribution in [-0.2, 0) is 13.6 Å². The number of hydrogen-bond acceptors (Lipinski definition) is 5. The molecule has 6 nitrogen and oxygen atoms in total. The van der Waals surface area contributed by atoms with Crippen LogP contribution in [0.4, 0.5) is 4.39 Å². The third-order valence-electron chi connectivity index (χ3n) is 3.72. The summed E-state index contributed by atoms with van der Waals surface area (Å²) in [7, 11) is 1.82. The Morgan fingerprint density at radius 3 is 2.91 bits per heavy atom. The summed E-state index contributed by atoms with van der Waals surface area (Å²) in [5.74, 6) is -0.573. The molecule has 0 spiro atoms. The maximum absolute atomic E-state index is 13.2. The normalized spacial score (nSPS) is 11.6. The fourth-order valence-electron chi connectivity index (χ4n) is 2.70. The monoisotopic (exact) mass is 329 g/mol. The molecule has 23 heavy (non-hydrogen) atoms. The summed E-state index contributed by atoms with van der Waals surface area (Å²) < 4.78 is 17.2. The predicted octanol–water partition coefficient (Wildman–Crippen LogP) is 2.24. The van der Waals surface area contributed by atoms with E-state index in [1.54, 1.807) is 34.2 Å². The van der Waals surface area contributed by atoms with Gasteiger partial charge in [0.2, 0.25) is 5.95 Å². The van der Waals surface area contributed by atoms with Crippen molar-refractivity contribution in [3.63, 3.8) is 0 Å². The SMILES string of the molecule is Cc1nc2c(s1)c1cnn(Cc3cccc(F)n3)c(=O)c1n2C. The van der Waals surface area contributed by atoms with Crippen LogP contribution >= 0.6 is 11.3 Å². The Hall–Kier alpha value is -2.61. The van der Waals surface area contributed by atoms with Crippen molar-refractivity contribution in [2.45, 2.75) is 13.5 Å². The molecule has 4 aromatic rings. The Morgan fingerprint density at radius 1 is 1.30 bits per heavy atom. The van der Waals surface area contributed by atoms with E-state index in [0.29, 0.717) is 11.2 Å². The number of fused-ring (bicyclic) bond motifs is 3. The summed E-state index contributed by atoms with van der Waals surface area (Å²) in [6, 6.07) is 4.49. The van der Waals surface area contributed by atoms with Gasteiger partial charge in [-0.2, -0.15) is 9.49 Å². The lowest BCUT2D eigenvalue weighted by molar-refractivity contribution is 0.562. The molecule has 116 valence electrons. The molecule has 0 atom stereocenters. The van der Waals surface area contributed by atoms with Crippen molar-refractivity contribution in [2.24, 2.45) is 7.05 Å². The van der Waals surface area contributed by atoms with E-state index in [0.717, 1.165) is 20.7 Å². The van der Waals surface area contributed by atoms with Gasteiger partial charge in [-0.15, -0.1) is 11.3 Å². The first kappa shape index (κ1) is 14.0. The van der Waals surface area contributed by atoms with Gasteiger partial charge < -0.3 is 4.57 Å². The van der Waals surface area contributed by atoms with Gasteiger partial charge in [0.15, 0.2) is 5.65 Å². The Labute approximate surface area is 133 Å². The minimum atomic E-state index is -0.573. The molecule has 0 N–H and O–H groups in total. The fraction of sp³-hybridized carbons (Fsp3) is 0.200. The van der Waals surface area contributed by atoms with Crippen molar-refractivity contribution in [1.29, 1.82) is 0 Å². The van der Waals surface area contributed by atoms with E-state index in [9.17, 15) is 9.18 Å². The van der Waals surface area contributed by atoms with Crippen LogP contribution < -0.4 is 5.56 Å². The van der Waals surface area contributed by atoms with Gasteiger partial charge in [0.1, 0.15) is 5.52 Å². The second kappa shape index (κ2) is 4.95. The van der Waals surface area contributed by atoms with Gasteiger partial charge in [-0.3, -0.25) is 4.79 Å². The number of nitrogens with zero attached hydrogens (tertiary/aromatic N) is 5. The molecule has 4 aromatic heterocycles. The summed E-state index contributed by atoms with van der Waals surface area (Å²) >= 11 is 1.54. The van der Waals surface area contributed by atoms with Crippen LogP contribution in [0.3, 0.4) is 0 Å². The molecule has 4 rings (SSSR count). The minimum absolute atomic E-state index is 0.123. The first-order valence-corrected chi connectivity index (χ1v) is 7.79. The highest BCUT2D eigenvalue weighted by Crippen LogP contribution is 2.30. The average molecular weight is 329 g/mol. The zero-order valence-electron chi connectivity index (χ0n) is 12.4. The van der Waals surface area contributed by atoms with Crippen LogP contribution in [0.5, 0.6) is 0 Å². The quantitative estimate of drug-likeness (QED) is 0.529. The number of aromatic nitrogens is 5. The van der Waals surface area contributed by atoms with Crippen molar-refractivity contribution < 1.29 is 4.39 Å². The molecule has 8 heteroatoms. The van der Waals surface area contributed by atoms with Crippen molar-refractivity contribution in [3.8, 4) is 0 Å². The van der Waals surface area contributed by atoms with E-state index in [2.05, 4.69) is 15.1 Å². The Kier molecular flexibility index (Phi) is 3.02. The second-order valence-corrected chi connectivity index (χ2v) is 6.47. The van der Waals surface area contributed by atoms with E-state index >= 15 is 0 Å². The predicted molar refractivity (Wildman–Crippen MR) is 86.2 cm³/mol. The van der Waals surface area contributed by atoms with Crippen molar-refractivity contribution >= 4 is 32.6 Å². The number of aryl methyl sites for hydroxylation is 2. The van der Waals surface area contributed by atoms with Gasteiger partial charge in [0.05, 0.1) is 28.1 Å². The molecular formula is C15H12FN5OS. The second-order valence-electron chi connectivity index (χ2n) is 5.27. The van der Waals surface area contributed by atoms with Gasteiger partial charge in [0.25, 0.3) is 5.56 Å². The van der Waals surface area contributed by atoms with E-state index in [-0.39, 0.29) is 12.1 Å². The number of thiazole rings is 1. The molecule has 0 amide bonds. The van der Waals surface area contributed by atoms with Crippen molar-refractivity contribution in [3.05, 3.63) is 51.4 Å². The van der Waals surface area contributed by atoms with Crippen molar-refractivity contribution in [2.75, 3.05) is 0 Å². The number of halogens is 1. The van der Waals surface area contributed by atoms with E-state index < -0.39 is 5.95 Å². The first-order valence-electron chi connectivity index (χ1n) is 6.97. The van der Waals surface area contributed by atoms with Gasteiger partial charge in [-0.25, -0.2) is 14.6 Å². The van der Waals surface area contributed by atoms with Crippen LogP contribution in [0.2, 0.25) is 0 Å². The van der Waals surface area contributed by atoms with Gasteiger partial charge >= 0.3 is 0 Å². The molecular weight excluding hydrogens is 317 g/mol. The van der Waals surface area contributed by atoms with E-state index in [1.165, 1.54) is 10.7 Å². The summed E-state index contributed by atoms with van der Waals surface area (Å²) in [5, 5.41) is 5.95. The zero-order chi connectivity index (χ0) is 16.1. The molecule has 0 aromatic carbocycles. The molecule has 0 aliphatic carbocycles. The summed E-state index contributed by atoms with van der Waals surface area (Å²) in [4.78, 5) is 21.0. The summed E-state index contributed by atoms with van der Waals surface area (Å²) in [5.41, 5.74) is 1.54. The molecule has 4 heterocycles. The summed E-state index contributed by atoms with van der Waals surface area (Å²) in [6.45, 7) is 2.05. The minimum Gasteiger partial charge on any atom is -0.323 e. The first-order chi connectivity index (χ1) is 11.0. The molecule has 0 radical (unpaired) electrons. The highest BCUT2D eigenvalue weighted by atomic mass is 32.1. The van der Waals surface area contributed by atoms with E-state index in [4.69, 9.17) is 0 Å². The lowest BCUT2D eigenvalue weighted by atomic mass is 10.3. The third kappa shape index (κ3) is 2.14. The van der Waals surface area contributed by atoms with Crippen LogP contribution in [0.15, 0.2) is 29.2 Å². The van der Waals surface area contributed by atoms with Crippen LogP contribution in [0.25, 0.3) is 21.3 Å². The zero-order valence-corrected chi connectivity index (χ0v) is 13.3. The van der Waals surface area contributed by atoms with Crippen LogP contribution in [0, 0.1) is 12.9 Å². The highest BCUT2D eigenvalue weighted by Gasteiger charge is 2.17. The molecule has 0 saturated carbocycles. The largest absolute Gasteiger partial charge is 0.323 e. The summed E-state index contributed by atoms with van der Waals surface area (Å²) in [6.07, 6.45) is 1.66. The Bertz CT molecular complexity index is 1110. The van der Waals surface area contributed by atoms with Gasteiger partial charge in [0, 0.05) is 12.4 Å². The number of hydrogen-bond donors (Lipinski definition) is 0. The fourth-order valence-corrected chi connectivity index (χ4v) is 3.66.